The normalized spacial score (nSPS) is 13.6. The minimum atomic E-state index is -5.86. The highest BCUT2D eigenvalue weighted by Gasteiger charge is 2.75. The first-order chi connectivity index (χ1) is 9.50. The first kappa shape index (κ1) is 15.7. The van der Waals surface area contributed by atoms with E-state index in [1.54, 1.807) is 0 Å². The number of aromatic nitrogens is 6. The molecule has 0 bridgehead atoms. The largest absolute Gasteiger partial charge is 0.387 e. The van der Waals surface area contributed by atoms with Gasteiger partial charge in [0, 0.05) is 0 Å². The Morgan fingerprint density at radius 1 is 0.667 bits per heavy atom. The van der Waals surface area contributed by atoms with Crippen molar-refractivity contribution in [3.63, 3.8) is 0 Å². The van der Waals surface area contributed by atoms with Gasteiger partial charge in [0.25, 0.3) is 0 Å². The van der Waals surface area contributed by atoms with Gasteiger partial charge in [0.15, 0.2) is 0 Å². The third kappa shape index (κ3) is 2.27. The second-order valence-electron chi connectivity index (χ2n) is 3.75. The minimum Gasteiger partial charge on any atom is -0.280 e. The number of H-pyrrole nitrogens is 4. The summed E-state index contributed by atoms with van der Waals surface area (Å²) in [4.78, 5) is 5.68. The van der Waals surface area contributed by atoms with Crippen LogP contribution in [0.25, 0.3) is 0 Å². The van der Waals surface area contributed by atoms with Gasteiger partial charge in [0.2, 0.25) is 21.2 Å². The van der Waals surface area contributed by atoms with Crippen molar-refractivity contribution in [1.29, 1.82) is 0 Å². The monoisotopic (exact) mass is 350 g/mol. The number of alkyl halides is 6. The summed E-state index contributed by atoms with van der Waals surface area (Å²) in [5.74, 6) is -20.0. The van der Waals surface area contributed by atoms with E-state index >= 15 is 0 Å². The van der Waals surface area contributed by atoms with Crippen molar-refractivity contribution in [1.82, 2.24) is 30.4 Å². The van der Waals surface area contributed by atoms with Crippen LogP contribution in [0.1, 0.15) is 11.6 Å². The molecule has 2 aromatic heterocycles. The Labute approximate surface area is 121 Å². The molecule has 0 fully saturated rings. The smallest absolute Gasteiger partial charge is 0.280 e. The van der Waals surface area contributed by atoms with Crippen molar-refractivity contribution in [2.24, 2.45) is 0 Å². The molecular weight excluding hydrogens is 346 g/mol. The summed E-state index contributed by atoms with van der Waals surface area (Å²) in [6, 6.07) is 0. The van der Waals surface area contributed by atoms with Crippen LogP contribution < -0.4 is 0 Å². The van der Waals surface area contributed by atoms with E-state index in [-0.39, 0.29) is 0 Å². The van der Waals surface area contributed by atoms with Gasteiger partial charge in [0.1, 0.15) is 0 Å². The van der Waals surface area contributed by atoms with Gasteiger partial charge in [0.05, 0.1) is 0 Å². The molecule has 0 spiro atoms. The van der Waals surface area contributed by atoms with Crippen molar-refractivity contribution >= 4 is 24.4 Å². The van der Waals surface area contributed by atoms with Gasteiger partial charge in [-0.25, -0.2) is 0 Å². The summed E-state index contributed by atoms with van der Waals surface area (Å²) in [6.45, 7) is 0. The fourth-order valence-corrected chi connectivity index (χ4v) is 1.62. The zero-order valence-corrected chi connectivity index (χ0v) is 11.1. The van der Waals surface area contributed by atoms with E-state index in [1.807, 2.05) is 10.2 Å². The Balaban J connectivity index is 2.54. The van der Waals surface area contributed by atoms with E-state index in [0.717, 1.165) is 0 Å². The molecule has 2 aromatic rings. The lowest BCUT2D eigenvalue weighted by Gasteiger charge is -2.29. The fraction of sp³-hybridized carbons (Fsp3) is 0.429. The summed E-state index contributed by atoms with van der Waals surface area (Å²) in [7, 11) is 0. The van der Waals surface area contributed by atoms with E-state index < -0.39 is 39.0 Å². The molecule has 0 saturated carbocycles. The molecule has 2 heterocycles. The van der Waals surface area contributed by atoms with Gasteiger partial charge in [-0.1, -0.05) is 0 Å². The van der Waals surface area contributed by atoms with Crippen LogP contribution in [0.15, 0.2) is 0 Å². The Bertz CT molecular complexity index is 693. The van der Waals surface area contributed by atoms with Crippen molar-refractivity contribution in [2.45, 2.75) is 17.8 Å². The Kier molecular flexibility index (Phi) is 3.48. The average molecular weight is 350 g/mol. The van der Waals surface area contributed by atoms with Gasteiger partial charge >= 0.3 is 17.8 Å². The number of hydrogen-bond donors (Lipinski definition) is 4. The predicted octanol–water partition coefficient (Wildman–Crippen LogP) is 2.77. The van der Waals surface area contributed by atoms with Crippen LogP contribution in [0.4, 0.5) is 26.3 Å². The summed E-state index contributed by atoms with van der Waals surface area (Å²) >= 11 is 8.63. The molecule has 4 N–H and O–H groups in total. The molecule has 0 atom stereocenters. The highest BCUT2D eigenvalue weighted by Crippen LogP contribution is 2.53. The van der Waals surface area contributed by atoms with Crippen LogP contribution in [0.2, 0.25) is 0 Å². The molecule has 21 heavy (non-hydrogen) atoms. The Morgan fingerprint density at radius 3 is 1.24 bits per heavy atom. The highest BCUT2D eigenvalue weighted by atomic mass is 32.1. The molecule has 116 valence electrons. The van der Waals surface area contributed by atoms with Crippen LogP contribution >= 0.6 is 24.4 Å². The van der Waals surface area contributed by atoms with E-state index in [1.165, 1.54) is 10.2 Å². The SMILES string of the molecule is FC(F)(c1nc(=S)[nH][nH]1)C(F)(F)C(F)(F)c1nc(=S)[nH][nH]1. The van der Waals surface area contributed by atoms with Gasteiger partial charge in [-0.05, 0) is 24.4 Å². The van der Waals surface area contributed by atoms with Crippen molar-refractivity contribution in [3.8, 4) is 0 Å². The average Bonchev–Trinajstić information content (AvgIpc) is 2.98. The Hall–Kier alpha value is -1.70. The van der Waals surface area contributed by atoms with Crippen LogP contribution in [0.5, 0.6) is 0 Å². The fourth-order valence-electron chi connectivity index (χ4n) is 1.33. The van der Waals surface area contributed by atoms with Gasteiger partial charge < -0.3 is 0 Å². The summed E-state index contributed by atoms with van der Waals surface area (Å²) in [5.41, 5.74) is 0. The maximum absolute atomic E-state index is 13.7. The molecule has 14 heteroatoms. The molecule has 0 saturated heterocycles. The molecule has 0 aliphatic rings. The lowest BCUT2D eigenvalue weighted by Crippen LogP contribution is -2.51. The number of hydrogen-bond acceptors (Lipinski definition) is 4. The maximum Gasteiger partial charge on any atom is 0.387 e. The molecule has 0 radical (unpaired) electrons. The van der Waals surface area contributed by atoms with Gasteiger partial charge in [-0.3, -0.25) is 20.4 Å². The number of aromatic amines is 4. The highest BCUT2D eigenvalue weighted by molar-refractivity contribution is 7.71. The summed E-state index contributed by atoms with van der Waals surface area (Å²) < 4.78 is 80.8. The van der Waals surface area contributed by atoms with Crippen LogP contribution in [-0.2, 0) is 11.8 Å². The van der Waals surface area contributed by atoms with Crippen molar-refractivity contribution < 1.29 is 26.3 Å². The lowest BCUT2D eigenvalue weighted by atomic mass is 10.0. The number of nitrogens with zero attached hydrogens (tertiary/aromatic N) is 2. The number of rotatable bonds is 4. The third-order valence-electron chi connectivity index (χ3n) is 2.39. The van der Waals surface area contributed by atoms with E-state index in [2.05, 4.69) is 34.4 Å². The molecular formula is C7H4F6N6S2. The first-order valence-electron chi connectivity index (χ1n) is 4.94. The summed E-state index contributed by atoms with van der Waals surface area (Å²) in [6.07, 6.45) is 0. The Morgan fingerprint density at radius 2 is 1.00 bits per heavy atom. The standard InChI is InChI=1S/C7H4F6N6S2/c8-5(9,1-14-3(20)18-16-1)7(12,13)6(10,11)2-15-4(21)19-17-2/h(H2,14,16,18,20)(H2,15,17,19,21). The molecule has 0 aromatic carbocycles. The van der Waals surface area contributed by atoms with E-state index in [9.17, 15) is 26.3 Å². The third-order valence-corrected chi connectivity index (χ3v) is 2.77. The lowest BCUT2D eigenvalue weighted by molar-refractivity contribution is -0.325. The van der Waals surface area contributed by atoms with Crippen molar-refractivity contribution in [3.05, 3.63) is 21.2 Å². The van der Waals surface area contributed by atoms with Crippen LogP contribution in [-0.4, -0.2) is 36.3 Å². The molecule has 2 rings (SSSR count). The van der Waals surface area contributed by atoms with Crippen LogP contribution in [0, 0.1) is 9.54 Å². The van der Waals surface area contributed by atoms with Gasteiger partial charge in [-0.15, -0.1) is 0 Å². The predicted molar refractivity (Wildman–Crippen MR) is 60.3 cm³/mol. The number of nitrogens with one attached hydrogen (secondary N) is 4. The van der Waals surface area contributed by atoms with E-state index in [0.29, 0.717) is 0 Å². The first-order valence-corrected chi connectivity index (χ1v) is 5.75. The van der Waals surface area contributed by atoms with Crippen LogP contribution in [0.3, 0.4) is 0 Å². The molecule has 0 aliphatic carbocycles. The second-order valence-corrected chi connectivity index (χ2v) is 4.53. The zero-order chi connectivity index (χ0) is 16.1. The molecule has 6 nitrogen and oxygen atoms in total. The second kappa shape index (κ2) is 4.66. The van der Waals surface area contributed by atoms with E-state index in [4.69, 9.17) is 0 Å². The molecule has 0 unspecified atom stereocenters. The number of halogens is 6. The van der Waals surface area contributed by atoms with Crippen molar-refractivity contribution in [2.75, 3.05) is 0 Å². The molecule has 0 aliphatic heterocycles. The quantitative estimate of drug-likeness (QED) is 0.504. The maximum atomic E-state index is 13.7. The molecule has 0 amide bonds. The topological polar surface area (TPSA) is 88.9 Å². The van der Waals surface area contributed by atoms with Gasteiger partial charge in [-0.2, -0.15) is 36.3 Å². The minimum absolute atomic E-state index is 0.594. The zero-order valence-electron chi connectivity index (χ0n) is 9.48. The summed E-state index contributed by atoms with van der Waals surface area (Å²) in [5, 5.41) is 6.67.